The Bertz CT molecular complexity index is 141. The molecule has 2 N–H and O–H groups in total. The SMILES string of the molecule is CCCN(CC)CC1(CCN)CC1. The Balaban J connectivity index is 2.27. The van der Waals surface area contributed by atoms with Crippen molar-refractivity contribution in [3.63, 3.8) is 0 Å². The molecule has 0 aromatic carbocycles. The van der Waals surface area contributed by atoms with Crippen molar-refractivity contribution in [2.45, 2.75) is 39.5 Å². The summed E-state index contributed by atoms with van der Waals surface area (Å²) in [7, 11) is 0. The highest BCUT2D eigenvalue weighted by atomic mass is 15.1. The van der Waals surface area contributed by atoms with E-state index >= 15 is 0 Å². The predicted molar refractivity (Wildman–Crippen MR) is 57.7 cm³/mol. The quantitative estimate of drug-likeness (QED) is 0.654. The van der Waals surface area contributed by atoms with E-state index in [1.807, 2.05) is 0 Å². The van der Waals surface area contributed by atoms with Crippen LogP contribution in [0, 0.1) is 5.41 Å². The molecule has 1 aliphatic carbocycles. The summed E-state index contributed by atoms with van der Waals surface area (Å²) in [6.45, 7) is 9.11. The van der Waals surface area contributed by atoms with Crippen LogP contribution in [0.2, 0.25) is 0 Å². The van der Waals surface area contributed by atoms with Gasteiger partial charge in [0.1, 0.15) is 0 Å². The Morgan fingerprint density at radius 1 is 1.31 bits per heavy atom. The van der Waals surface area contributed by atoms with Gasteiger partial charge in [-0.2, -0.15) is 0 Å². The summed E-state index contributed by atoms with van der Waals surface area (Å²) in [5.41, 5.74) is 6.25. The maximum absolute atomic E-state index is 5.63. The summed E-state index contributed by atoms with van der Waals surface area (Å²) in [5.74, 6) is 0. The van der Waals surface area contributed by atoms with Crippen LogP contribution in [0.3, 0.4) is 0 Å². The van der Waals surface area contributed by atoms with Gasteiger partial charge in [-0.15, -0.1) is 0 Å². The minimum atomic E-state index is 0.625. The number of nitrogens with two attached hydrogens (primary N) is 1. The molecule has 1 saturated carbocycles. The molecular weight excluding hydrogens is 160 g/mol. The van der Waals surface area contributed by atoms with E-state index in [-0.39, 0.29) is 0 Å². The molecule has 78 valence electrons. The molecule has 1 fully saturated rings. The third-order valence-electron chi connectivity index (χ3n) is 3.18. The Morgan fingerprint density at radius 3 is 2.38 bits per heavy atom. The van der Waals surface area contributed by atoms with Crippen LogP contribution < -0.4 is 5.73 Å². The second-order valence-corrected chi connectivity index (χ2v) is 4.41. The largest absolute Gasteiger partial charge is 0.330 e. The first kappa shape index (κ1) is 11.0. The van der Waals surface area contributed by atoms with Crippen molar-refractivity contribution in [3.05, 3.63) is 0 Å². The lowest BCUT2D eigenvalue weighted by atomic mass is 10.0. The molecule has 0 aromatic rings. The molecule has 2 nitrogen and oxygen atoms in total. The fourth-order valence-electron chi connectivity index (χ4n) is 2.11. The summed E-state index contributed by atoms with van der Waals surface area (Å²) in [4.78, 5) is 2.57. The molecule has 0 saturated heterocycles. The van der Waals surface area contributed by atoms with Crippen LogP contribution in [0.15, 0.2) is 0 Å². The Labute approximate surface area is 82.5 Å². The van der Waals surface area contributed by atoms with Crippen LogP contribution in [-0.2, 0) is 0 Å². The molecule has 13 heavy (non-hydrogen) atoms. The second-order valence-electron chi connectivity index (χ2n) is 4.41. The summed E-state index contributed by atoms with van der Waals surface area (Å²) in [6, 6.07) is 0. The third-order valence-corrected chi connectivity index (χ3v) is 3.18. The Hall–Kier alpha value is -0.0800. The van der Waals surface area contributed by atoms with Crippen molar-refractivity contribution in [1.82, 2.24) is 4.90 Å². The summed E-state index contributed by atoms with van der Waals surface area (Å²) in [6.07, 6.45) is 5.31. The molecule has 1 aliphatic rings. The third kappa shape index (κ3) is 3.28. The van der Waals surface area contributed by atoms with Crippen LogP contribution in [0.5, 0.6) is 0 Å². The molecule has 0 heterocycles. The van der Waals surface area contributed by atoms with E-state index in [9.17, 15) is 0 Å². The molecule has 0 amide bonds. The lowest BCUT2D eigenvalue weighted by Crippen LogP contribution is -2.32. The van der Waals surface area contributed by atoms with E-state index in [0.29, 0.717) is 5.41 Å². The van der Waals surface area contributed by atoms with Crippen molar-refractivity contribution in [2.75, 3.05) is 26.2 Å². The lowest BCUT2D eigenvalue weighted by Gasteiger charge is -2.25. The van der Waals surface area contributed by atoms with E-state index < -0.39 is 0 Å². The molecule has 0 aliphatic heterocycles. The maximum atomic E-state index is 5.63. The normalized spacial score (nSPS) is 19.4. The van der Waals surface area contributed by atoms with Gasteiger partial charge in [0.25, 0.3) is 0 Å². The second kappa shape index (κ2) is 4.97. The molecule has 0 bridgehead atoms. The van der Waals surface area contributed by atoms with Crippen molar-refractivity contribution in [1.29, 1.82) is 0 Å². The van der Waals surface area contributed by atoms with Crippen LogP contribution >= 0.6 is 0 Å². The van der Waals surface area contributed by atoms with Gasteiger partial charge in [-0.25, -0.2) is 0 Å². The van der Waals surface area contributed by atoms with E-state index in [1.165, 1.54) is 45.3 Å². The zero-order valence-electron chi connectivity index (χ0n) is 9.18. The average Bonchev–Trinajstić information content (AvgIpc) is 2.85. The molecule has 1 rings (SSSR count). The first-order chi connectivity index (χ1) is 6.26. The molecule has 0 atom stereocenters. The van der Waals surface area contributed by atoms with Crippen molar-refractivity contribution in [3.8, 4) is 0 Å². The number of nitrogens with zero attached hydrogens (tertiary/aromatic N) is 1. The highest BCUT2D eigenvalue weighted by Crippen LogP contribution is 2.48. The monoisotopic (exact) mass is 184 g/mol. The Morgan fingerprint density at radius 2 is 2.00 bits per heavy atom. The highest BCUT2D eigenvalue weighted by molar-refractivity contribution is 4.95. The summed E-state index contributed by atoms with van der Waals surface area (Å²) in [5, 5.41) is 0. The van der Waals surface area contributed by atoms with E-state index in [1.54, 1.807) is 0 Å². The summed E-state index contributed by atoms with van der Waals surface area (Å²) >= 11 is 0. The van der Waals surface area contributed by atoms with Crippen LogP contribution in [-0.4, -0.2) is 31.1 Å². The Kier molecular flexibility index (Phi) is 4.20. The van der Waals surface area contributed by atoms with Crippen molar-refractivity contribution in [2.24, 2.45) is 11.1 Å². The van der Waals surface area contributed by atoms with Gasteiger partial charge in [-0.05, 0) is 50.7 Å². The first-order valence-electron chi connectivity index (χ1n) is 5.69. The number of hydrogen-bond acceptors (Lipinski definition) is 2. The zero-order chi connectivity index (χ0) is 9.73. The molecule has 0 aromatic heterocycles. The van der Waals surface area contributed by atoms with Gasteiger partial charge in [-0.3, -0.25) is 0 Å². The predicted octanol–water partition coefficient (Wildman–Crippen LogP) is 1.85. The number of hydrogen-bond donors (Lipinski definition) is 1. The minimum absolute atomic E-state index is 0.625. The maximum Gasteiger partial charge on any atom is 0.00383 e. The average molecular weight is 184 g/mol. The molecule has 2 heteroatoms. The molecule has 0 unspecified atom stereocenters. The van der Waals surface area contributed by atoms with Gasteiger partial charge >= 0.3 is 0 Å². The molecule has 0 radical (unpaired) electrons. The summed E-state index contributed by atoms with van der Waals surface area (Å²) < 4.78 is 0. The van der Waals surface area contributed by atoms with Crippen LogP contribution in [0.1, 0.15) is 39.5 Å². The smallest absolute Gasteiger partial charge is 0.00383 e. The highest BCUT2D eigenvalue weighted by Gasteiger charge is 2.42. The number of rotatable bonds is 7. The van der Waals surface area contributed by atoms with Gasteiger partial charge in [0.2, 0.25) is 0 Å². The van der Waals surface area contributed by atoms with E-state index in [0.717, 1.165) is 6.54 Å². The first-order valence-corrected chi connectivity index (χ1v) is 5.69. The van der Waals surface area contributed by atoms with Gasteiger partial charge in [0, 0.05) is 6.54 Å². The zero-order valence-corrected chi connectivity index (χ0v) is 9.18. The van der Waals surface area contributed by atoms with Crippen molar-refractivity contribution >= 4 is 0 Å². The van der Waals surface area contributed by atoms with Crippen molar-refractivity contribution < 1.29 is 0 Å². The standard InChI is InChI=1S/C11H24N2/c1-3-9-13(4-2)10-11(5-6-11)7-8-12/h3-10,12H2,1-2H3. The van der Waals surface area contributed by atoms with Gasteiger partial charge in [0.05, 0.1) is 0 Å². The van der Waals surface area contributed by atoms with E-state index in [4.69, 9.17) is 5.73 Å². The fourth-order valence-corrected chi connectivity index (χ4v) is 2.11. The molecule has 0 spiro atoms. The fraction of sp³-hybridized carbons (Fsp3) is 1.00. The minimum Gasteiger partial charge on any atom is -0.330 e. The topological polar surface area (TPSA) is 29.3 Å². The lowest BCUT2D eigenvalue weighted by molar-refractivity contribution is 0.223. The van der Waals surface area contributed by atoms with Crippen LogP contribution in [0.4, 0.5) is 0 Å². The van der Waals surface area contributed by atoms with E-state index in [2.05, 4.69) is 18.7 Å². The van der Waals surface area contributed by atoms with Crippen LogP contribution in [0.25, 0.3) is 0 Å². The van der Waals surface area contributed by atoms with Gasteiger partial charge in [0.15, 0.2) is 0 Å². The molecular formula is C11H24N2. The van der Waals surface area contributed by atoms with Gasteiger partial charge < -0.3 is 10.6 Å². The van der Waals surface area contributed by atoms with Gasteiger partial charge in [-0.1, -0.05) is 13.8 Å².